The van der Waals surface area contributed by atoms with Gasteiger partial charge in [0, 0.05) is 22.0 Å². The van der Waals surface area contributed by atoms with Gasteiger partial charge in [0.05, 0.1) is 25.3 Å². The highest BCUT2D eigenvalue weighted by molar-refractivity contribution is 9.08. The third kappa shape index (κ3) is 1.96. The highest BCUT2D eigenvalue weighted by Gasteiger charge is 2.36. The van der Waals surface area contributed by atoms with Gasteiger partial charge in [-0.1, -0.05) is 40.2 Å². The van der Waals surface area contributed by atoms with Crippen LogP contribution in [-0.4, -0.2) is 25.8 Å². The van der Waals surface area contributed by atoms with E-state index in [2.05, 4.69) is 15.9 Å². The number of ether oxygens (including phenoxy) is 2. The van der Waals surface area contributed by atoms with Crippen molar-refractivity contribution in [2.45, 2.75) is 5.33 Å². The molecular weight excluding hydrogens is 348 g/mol. The molecule has 2 aromatic rings. The van der Waals surface area contributed by atoms with Crippen LogP contribution in [0.15, 0.2) is 30.3 Å². The molecule has 0 unspecified atom stereocenters. The summed E-state index contributed by atoms with van der Waals surface area (Å²) in [4.78, 5) is 25.7. The van der Waals surface area contributed by atoms with Crippen LogP contribution in [0.2, 0.25) is 0 Å². The second kappa shape index (κ2) is 5.57. The van der Waals surface area contributed by atoms with Gasteiger partial charge in [-0.15, -0.1) is 0 Å². The summed E-state index contributed by atoms with van der Waals surface area (Å²) in [5, 5.41) is 0.489. The number of halogens is 1. The van der Waals surface area contributed by atoms with Crippen LogP contribution >= 0.6 is 15.9 Å². The molecule has 0 aromatic heterocycles. The number of hydrogen-bond acceptors (Lipinski definition) is 4. The van der Waals surface area contributed by atoms with E-state index in [1.807, 2.05) is 0 Å². The van der Waals surface area contributed by atoms with E-state index in [1.54, 1.807) is 30.3 Å². The minimum atomic E-state index is -0.221. The van der Waals surface area contributed by atoms with E-state index in [-0.39, 0.29) is 22.7 Å². The van der Waals surface area contributed by atoms with Gasteiger partial charge in [-0.2, -0.15) is 0 Å². The zero-order chi connectivity index (χ0) is 15.9. The Morgan fingerprint density at radius 1 is 0.955 bits per heavy atom. The molecule has 3 rings (SSSR count). The lowest BCUT2D eigenvalue weighted by atomic mass is 9.82. The van der Waals surface area contributed by atoms with Gasteiger partial charge in [0.2, 0.25) is 0 Å². The van der Waals surface area contributed by atoms with E-state index in [0.29, 0.717) is 28.0 Å². The van der Waals surface area contributed by atoms with Crippen LogP contribution < -0.4 is 9.47 Å². The molecule has 0 aliphatic heterocycles. The van der Waals surface area contributed by atoms with Crippen molar-refractivity contribution in [3.05, 3.63) is 58.1 Å². The van der Waals surface area contributed by atoms with Crippen molar-refractivity contribution in [2.24, 2.45) is 0 Å². The zero-order valence-electron chi connectivity index (χ0n) is 12.1. The summed E-state index contributed by atoms with van der Waals surface area (Å²) in [5.74, 6) is 0.364. The summed E-state index contributed by atoms with van der Waals surface area (Å²) in [7, 11) is 2.98. The number of fused-ring (bicyclic) bond motifs is 2. The summed E-state index contributed by atoms with van der Waals surface area (Å²) >= 11 is 3.38. The van der Waals surface area contributed by atoms with Crippen LogP contribution in [-0.2, 0) is 5.33 Å². The first-order chi connectivity index (χ1) is 10.6. The van der Waals surface area contributed by atoms with Crippen LogP contribution in [0, 0.1) is 0 Å². The van der Waals surface area contributed by atoms with Gasteiger partial charge in [-0.05, 0) is 6.07 Å². The fourth-order valence-corrected chi connectivity index (χ4v) is 3.19. The van der Waals surface area contributed by atoms with E-state index in [4.69, 9.17) is 9.47 Å². The van der Waals surface area contributed by atoms with Crippen molar-refractivity contribution in [2.75, 3.05) is 14.2 Å². The second-order valence-corrected chi connectivity index (χ2v) is 5.42. The van der Waals surface area contributed by atoms with Crippen molar-refractivity contribution in [1.29, 1.82) is 0 Å². The summed E-state index contributed by atoms with van der Waals surface area (Å²) in [5.41, 5.74) is 2.10. The maximum Gasteiger partial charge on any atom is 0.198 e. The van der Waals surface area contributed by atoms with Crippen molar-refractivity contribution >= 4 is 27.5 Å². The minimum absolute atomic E-state index is 0.219. The number of methoxy groups -OCH3 is 2. The molecule has 0 N–H and O–H groups in total. The van der Waals surface area contributed by atoms with Crippen LogP contribution in [0.4, 0.5) is 0 Å². The Labute approximate surface area is 136 Å². The van der Waals surface area contributed by atoms with E-state index in [1.165, 1.54) is 14.2 Å². The fourth-order valence-electron chi connectivity index (χ4n) is 2.78. The van der Waals surface area contributed by atoms with Crippen LogP contribution in [0.1, 0.15) is 37.4 Å². The van der Waals surface area contributed by atoms with E-state index < -0.39 is 0 Å². The summed E-state index contributed by atoms with van der Waals surface area (Å²) in [6.07, 6.45) is 0. The average Bonchev–Trinajstić information content (AvgIpc) is 2.57. The van der Waals surface area contributed by atoms with Gasteiger partial charge in [0.1, 0.15) is 11.5 Å². The standard InChI is InChI=1S/C17H13BrO4/c1-21-12-7-9(8-18)17(22-2)14-13(12)15(19)10-5-3-4-6-11(10)16(14)20/h3-7H,8H2,1-2H3. The first-order valence-electron chi connectivity index (χ1n) is 6.66. The molecule has 0 atom stereocenters. The van der Waals surface area contributed by atoms with Gasteiger partial charge < -0.3 is 9.47 Å². The predicted octanol–water partition coefficient (Wildman–Crippen LogP) is 3.37. The normalized spacial score (nSPS) is 12.7. The Morgan fingerprint density at radius 3 is 2.05 bits per heavy atom. The summed E-state index contributed by atoms with van der Waals surface area (Å²) in [6, 6.07) is 8.53. The molecule has 1 aliphatic carbocycles. The van der Waals surface area contributed by atoms with Gasteiger partial charge in [0.25, 0.3) is 0 Å². The van der Waals surface area contributed by atoms with Crippen LogP contribution in [0.5, 0.6) is 11.5 Å². The maximum absolute atomic E-state index is 12.9. The van der Waals surface area contributed by atoms with E-state index in [0.717, 1.165) is 5.56 Å². The van der Waals surface area contributed by atoms with E-state index >= 15 is 0 Å². The number of alkyl halides is 1. The molecular formula is C17H13BrO4. The van der Waals surface area contributed by atoms with Crippen molar-refractivity contribution < 1.29 is 19.1 Å². The molecule has 22 heavy (non-hydrogen) atoms. The molecule has 0 fully saturated rings. The average molecular weight is 361 g/mol. The van der Waals surface area contributed by atoms with Gasteiger partial charge >= 0.3 is 0 Å². The molecule has 0 radical (unpaired) electrons. The number of hydrogen-bond donors (Lipinski definition) is 0. The minimum Gasteiger partial charge on any atom is -0.496 e. The van der Waals surface area contributed by atoms with Gasteiger partial charge in [0.15, 0.2) is 11.6 Å². The Morgan fingerprint density at radius 2 is 1.55 bits per heavy atom. The molecule has 0 saturated heterocycles. The lowest BCUT2D eigenvalue weighted by molar-refractivity contribution is 0.0973. The number of carbonyl (C=O) groups excluding carboxylic acids is 2. The SMILES string of the molecule is COc1cc(CBr)c(OC)c2c1C(=O)c1ccccc1C2=O. The molecule has 0 spiro atoms. The highest BCUT2D eigenvalue weighted by atomic mass is 79.9. The monoisotopic (exact) mass is 360 g/mol. The fraction of sp³-hybridized carbons (Fsp3) is 0.176. The lowest BCUT2D eigenvalue weighted by Crippen LogP contribution is -2.23. The van der Waals surface area contributed by atoms with Crippen LogP contribution in [0.3, 0.4) is 0 Å². The zero-order valence-corrected chi connectivity index (χ0v) is 13.7. The maximum atomic E-state index is 12.9. The van der Waals surface area contributed by atoms with Crippen LogP contribution in [0.25, 0.3) is 0 Å². The molecule has 0 heterocycles. The van der Waals surface area contributed by atoms with Gasteiger partial charge in [-0.25, -0.2) is 0 Å². The number of rotatable bonds is 3. The summed E-state index contributed by atoms with van der Waals surface area (Å²) < 4.78 is 10.7. The summed E-state index contributed by atoms with van der Waals surface area (Å²) in [6.45, 7) is 0. The van der Waals surface area contributed by atoms with E-state index in [9.17, 15) is 9.59 Å². The first-order valence-corrected chi connectivity index (χ1v) is 7.78. The predicted molar refractivity (Wildman–Crippen MR) is 85.5 cm³/mol. The molecule has 4 nitrogen and oxygen atoms in total. The third-order valence-corrected chi connectivity index (χ3v) is 4.36. The second-order valence-electron chi connectivity index (χ2n) is 4.86. The molecule has 1 aliphatic rings. The van der Waals surface area contributed by atoms with Crippen molar-refractivity contribution in [1.82, 2.24) is 0 Å². The molecule has 0 amide bonds. The molecule has 2 aromatic carbocycles. The number of ketones is 2. The third-order valence-electron chi connectivity index (χ3n) is 3.76. The van der Waals surface area contributed by atoms with Crippen molar-refractivity contribution in [3.8, 4) is 11.5 Å². The Balaban J connectivity index is 2.40. The molecule has 112 valence electrons. The highest BCUT2D eigenvalue weighted by Crippen LogP contribution is 2.41. The topological polar surface area (TPSA) is 52.6 Å². The van der Waals surface area contributed by atoms with Gasteiger partial charge in [-0.3, -0.25) is 9.59 Å². The lowest BCUT2D eigenvalue weighted by Gasteiger charge is -2.23. The number of benzene rings is 2. The Kier molecular flexibility index (Phi) is 3.74. The largest absolute Gasteiger partial charge is 0.496 e. The smallest absolute Gasteiger partial charge is 0.198 e. The molecule has 5 heteroatoms. The van der Waals surface area contributed by atoms with Crippen molar-refractivity contribution in [3.63, 3.8) is 0 Å². The quantitative estimate of drug-likeness (QED) is 0.672. The number of carbonyl (C=O) groups is 2. The first kappa shape index (κ1) is 14.8. The Hall–Kier alpha value is -2.14. The Bertz CT molecular complexity index is 795. The molecule has 0 saturated carbocycles. The molecule has 0 bridgehead atoms.